The van der Waals surface area contributed by atoms with E-state index in [0.717, 1.165) is 19.8 Å². The SMILES string of the molecule is CCCCN(C)C1(CN(C)C)COC1. The maximum Gasteiger partial charge on any atom is 0.0804 e. The first-order valence-electron chi connectivity index (χ1n) is 5.54. The van der Waals surface area contributed by atoms with Gasteiger partial charge in [-0.1, -0.05) is 13.3 Å². The van der Waals surface area contributed by atoms with Gasteiger partial charge in [0.25, 0.3) is 0 Å². The maximum atomic E-state index is 5.37. The van der Waals surface area contributed by atoms with Crippen molar-refractivity contribution in [2.24, 2.45) is 0 Å². The third-order valence-electron chi connectivity index (χ3n) is 3.01. The van der Waals surface area contributed by atoms with Crippen molar-refractivity contribution in [2.45, 2.75) is 25.3 Å². The molecular weight excluding hydrogens is 176 g/mol. The average molecular weight is 200 g/mol. The van der Waals surface area contributed by atoms with Crippen molar-refractivity contribution in [3.05, 3.63) is 0 Å². The second-order valence-electron chi connectivity index (χ2n) is 4.73. The Bertz CT molecular complexity index is 167. The van der Waals surface area contributed by atoms with Crippen molar-refractivity contribution >= 4 is 0 Å². The van der Waals surface area contributed by atoms with Gasteiger partial charge >= 0.3 is 0 Å². The smallest absolute Gasteiger partial charge is 0.0804 e. The van der Waals surface area contributed by atoms with E-state index >= 15 is 0 Å². The first-order chi connectivity index (χ1) is 6.60. The Hall–Kier alpha value is -0.120. The fourth-order valence-corrected chi connectivity index (χ4v) is 1.99. The summed E-state index contributed by atoms with van der Waals surface area (Å²) in [5.41, 5.74) is 0.290. The predicted octanol–water partition coefficient (Wildman–Crippen LogP) is 1.05. The van der Waals surface area contributed by atoms with Crippen LogP contribution < -0.4 is 0 Å². The first kappa shape index (κ1) is 12.0. The standard InChI is InChI=1S/C11H24N2O/c1-5-6-7-13(4)11(8-12(2)3)9-14-10-11/h5-10H2,1-4H3. The molecule has 1 aliphatic heterocycles. The summed E-state index contributed by atoms with van der Waals surface area (Å²) >= 11 is 0. The Balaban J connectivity index is 2.42. The largest absolute Gasteiger partial charge is 0.377 e. The summed E-state index contributed by atoms with van der Waals surface area (Å²) in [5.74, 6) is 0. The molecule has 3 heteroatoms. The van der Waals surface area contributed by atoms with Gasteiger partial charge in [-0.25, -0.2) is 0 Å². The molecule has 0 radical (unpaired) electrons. The molecule has 0 bridgehead atoms. The minimum absolute atomic E-state index is 0.290. The third-order valence-corrected chi connectivity index (χ3v) is 3.01. The number of unbranched alkanes of at least 4 members (excludes halogenated alkanes) is 1. The van der Waals surface area contributed by atoms with E-state index < -0.39 is 0 Å². The van der Waals surface area contributed by atoms with Crippen molar-refractivity contribution in [2.75, 3.05) is 47.4 Å². The molecule has 1 saturated heterocycles. The molecule has 0 aromatic heterocycles. The van der Waals surface area contributed by atoms with Gasteiger partial charge in [-0.05, 0) is 34.1 Å². The van der Waals surface area contributed by atoms with Crippen LogP contribution in [-0.2, 0) is 4.74 Å². The summed E-state index contributed by atoms with van der Waals surface area (Å²) in [7, 11) is 6.49. The second kappa shape index (κ2) is 5.10. The van der Waals surface area contributed by atoms with E-state index in [4.69, 9.17) is 4.74 Å². The fraction of sp³-hybridized carbons (Fsp3) is 1.00. The van der Waals surface area contributed by atoms with Crippen LogP contribution in [0.1, 0.15) is 19.8 Å². The lowest BCUT2D eigenvalue weighted by Gasteiger charge is -2.49. The Morgan fingerprint density at radius 1 is 1.21 bits per heavy atom. The van der Waals surface area contributed by atoms with E-state index in [9.17, 15) is 0 Å². The molecule has 0 N–H and O–H groups in total. The molecule has 1 aliphatic rings. The Morgan fingerprint density at radius 2 is 1.86 bits per heavy atom. The molecule has 84 valence electrons. The Labute approximate surface area is 88.0 Å². The third kappa shape index (κ3) is 2.69. The summed E-state index contributed by atoms with van der Waals surface area (Å²) in [5, 5.41) is 0. The Morgan fingerprint density at radius 3 is 2.21 bits per heavy atom. The second-order valence-corrected chi connectivity index (χ2v) is 4.73. The lowest BCUT2D eigenvalue weighted by molar-refractivity contribution is -0.140. The zero-order valence-corrected chi connectivity index (χ0v) is 10.0. The minimum atomic E-state index is 0.290. The Kier molecular flexibility index (Phi) is 4.35. The number of hydrogen-bond donors (Lipinski definition) is 0. The number of ether oxygens (including phenoxy) is 1. The molecule has 3 nitrogen and oxygen atoms in total. The van der Waals surface area contributed by atoms with Gasteiger partial charge in [0.2, 0.25) is 0 Å². The number of rotatable bonds is 6. The highest BCUT2D eigenvalue weighted by atomic mass is 16.5. The summed E-state index contributed by atoms with van der Waals surface area (Å²) in [6.45, 7) is 6.32. The zero-order chi connectivity index (χ0) is 10.6. The van der Waals surface area contributed by atoms with Crippen LogP contribution in [0.5, 0.6) is 0 Å². The molecule has 0 aromatic rings. The summed E-state index contributed by atoms with van der Waals surface area (Å²) in [4.78, 5) is 4.73. The molecule has 0 amide bonds. The van der Waals surface area contributed by atoms with E-state index in [2.05, 4.69) is 37.9 Å². The van der Waals surface area contributed by atoms with E-state index in [-0.39, 0.29) is 0 Å². The van der Waals surface area contributed by atoms with Crippen LogP contribution in [0.2, 0.25) is 0 Å². The van der Waals surface area contributed by atoms with Gasteiger partial charge < -0.3 is 9.64 Å². The van der Waals surface area contributed by atoms with Crippen LogP contribution in [-0.4, -0.2) is 62.8 Å². The van der Waals surface area contributed by atoms with Gasteiger partial charge in [-0.2, -0.15) is 0 Å². The lowest BCUT2D eigenvalue weighted by Crippen LogP contribution is -2.65. The van der Waals surface area contributed by atoms with Gasteiger partial charge in [0.05, 0.1) is 18.8 Å². The quantitative estimate of drug-likeness (QED) is 0.637. The van der Waals surface area contributed by atoms with Crippen LogP contribution >= 0.6 is 0 Å². The number of nitrogens with zero attached hydrogens (tertiary/aromatic N) is 2. The predicted molar refractivity (Wildman–Crippen MR) is 59.6 cm³/mol. The molecule has 0 unspecified atom stereocenters. The molecule has 0 spiro atoms. The van der Waals surface area contributed by atoms with Crippen molar-refractivity contribution in [1.82, 2.24) is 9.80 Å². The van der Waals surface area contributed by atoms with Crippen LogP contribution in [0.15, 0.2) is 0 Å². The van der Waals surface area contributed by atoms with Gasteiger partial charge in [-0.3, -0.25) is 4.90 Å². The van der Waals surface area contributed by atoms with Crippen LogP contribution in [0.4, 0.5) is 0 Å². The minimum Gasteiger partial charge on any atom is -0.377 e. The van der Waals surface area contributed by atoms with E-state index in [1.54, 1.807) is 0 Å². The van der Waals surface area contributed by atoms with Crippen molar-refractivity contribution in [3.63, 3.8) is 0 Å². The van der Waals surface area contributed by atoms with Crippen molar-refractivity contribution in [3.8, 4) is 0 Å². The van der Waals surface area contributed by atoms with Gasteiger partial charge in [0.1, 0.15) is 0 Å². The normalized spacial score (nSPS) is 20.1. The van der Waals surface area contributed by atoms with E-state index in [1.807, 2.05) is 0 Å². The average Bonchev–Trinajstić information content (AvgIpc) is 2.07. The molecule has 1 fully saturated rings. The highest BCUT2D eigenvalue weighted by molar-refractivity contribution is 4.97. The summed E-state index contributed by atoms with van der Waals surface area (Å²) in [6.07, 6.45) is 2.55. The first-order valence-corrected chi connectivity index (χ1v) is 5.54. The van der Waals surface area contributed by atoms with Crippen LogP contribution in [0.3, 0.4) is 0 Å². The molecule has 0 aromatic carbocycles. The molecule has 0 aliphatic carbocycles. The summed E-state index contributed by atoms with van der Waals surface area (Å²) < 4.78 is 5.37. The van der Waals surface area contributed by atoms with Gasteiger partial charge in [0.15, 0.2) is 0 Å². The van der Waals surface area contributed by atoms with Crippen molar-refractivity contribution in [1.29, 1.82) is 0 Å². The van der Waals surface area contributed by atoms with Crippen LogP contribution in [0, 0.1) is 0 Å². The van der Waals surface area contributed by atoms with Gasteiger partial charge in [0, 0.05) is 6.54 Å². The lowest BCUT2D eigenvalue weighted by atomic mass is 9.94. The summed E-state index contributed by atoms with van der Waals surface area (Å²) in [6, 6.07) is 0. The topological polar surface area (TPSA) is 15.7 Å². The molecular formula is C11H24N2O. The fourth-order valence-electron chi connectivity index (χ4n) is 1.99. The highest BCUT2D eigenvalue weighted by Crippen LogP contribution is 2.24. The van der Waals surface area contributed by atoms with Gasteiger partial charge in [-0.15, -0.1) is 0 Å². The molecule has 1 heterocycles. The highest BCUT2D eigenvalue weighted by Gasteiger charge is 2.42. The van der Waals surface area contributed by atoms with Crippen LogP contribution in [0.25, 0.3) is 0 Å². The van der Waals surface area contributed by atoms with E-state index in [1.165, 1.54) is 19.4 Å². The monoisotopic (exact) mass is 200 g/mol. The zero-order valence-electron chi connectivity index (χ0n) is 10.0. The molecule has 1 rings (SSSR count). The maximum absolute atomic E-state index is 5.37. The molecule has 14 heavy (non-hydrogen) atoms. The van der Waals surface area contributed by atoms with Crippen molar-refractivity contribution < 1.29 is 4.74 Å². The van der Waals surface area contributed by atoms with E-state index in [0.29, 0.717) is 5.54 Å². The molecule has 0 atom stereocenters. The molecule has 0 saturated carbocycles. The number of likely N-dealkylation sites (N-methyl/N-ethyl adjacent to an activating group) is 2. The number of hydrogen-bond acceptors (Lipinski definition) is 3.